The van der Waals surface area contributed by atoms with Crippen LogP contribution in [-0.2, 0) is 0 Å². The van der Waals surface area contributed by atoms with E-state index >= 15 is 0 Å². The number of hydrogen-bond donors (Lipinski definition) is 1. The second kappa shape index (κ2) is 5.38. The van der Waals surface area contributed by atoms with Crippen LogP contribution in [0.1, 0.15) is 19.8 Å². The van der Waals surface area contributed by atoms with Crippen molar-refractivity contribution in [3.05, 3.63) is 0 Å². The predicted molar refractivity (Wildman–Crippen MR) is 64.0 cm³/mol. The molecule has 0 bridgehead atoms. The fourth-order valence-electron chi connectivity index (χ4n) is 2.29. The van der Waals surface area contributed by atoms with Crippen LogP contribution in [0.25, 0.3) is 0 Å². The average molecular weight is 214 g/mol. The Morgan fingerprint density at radius 3 is 2.93 bits per heavy atom. The SMILES string of the molecule is CCN1CCCC(CNC2CSC2)C1. The van der Waals surface area contributed by atoms with Gasteiger partial charge in [0.2, 0.25) is 0 Å². The quantitative estimate of drug-likeness (QED) is 0.762. The summed E-state index contributed by atoms with van der Waals surface area (Å²) in [6.45, 7) is 7.41. The van der Waals surface area contributed by atoms with Crippen LogP contribution in [0.3, 0.4) is 0 Å². The summed E-state index contributed by atoms with van der Waals surface area (Å²) in [4.78, 5) is 2.59. The summed E-state index contributed by atoms with van der Waals surface area (Å²) >= 11 is 2.06. The van der Waals surface area contributed by atoms with Crippen molar-refractivity contribution in [3.63, 3.8) is 0 Å². The lowest BCUT2D eigenvalue weighted by molar-refractivity contribution is 0.178. The van der Waals surface area contributed by atoms with Gasteiger partial charge in [0.25, 0.3) is 0 Å². The molecule has 0 aromatic heterocycles. The highest BCUT2D eigenvalue weighted by atomic mass is 32.2. The van der Waals surface area contributed by atoms with Crippen LogP contribution in [0, 0.1) is 5.92 Å². The van der Waals surface area contributed by atoms with Gasteiger partial charge in [0.15, 0.2) is 0 Å². The molecule has 0 amide bonds. The van der Waals surface area contributed by atoms with E-state index in [0.717, 1.165) is 12.0 Å². The smallest absolute Gasteiger partial charge is 0.0248 e. The van der Waals surface area contributed by atoms with Crippen LogP contribution in [0.2, 0.25) is 0 Å². The first-order valence-corrected chi connectivity index (χ1v) is 7.07. The van der Waals surface area contributed by atoms with Crippen molar-refractivity contribution < 1.29 is 0 Å². The van der Waals surface area contributed by atoms with Gasteiger partial charge in [-0.3, -0.25) is 0 Å². The van der Waals surface area contributed by atoms with E-state index < -0.39 is 0 Å². The van der Waals surface area contributed by atoms with Crippen LogP contribution >= 0.6 is 11.8 Å². The van der Waals surface area contributed by atoms with Crippen molar-refractivity contribution in [2.75, 3.05) is 37.7 Å². The third kappa shape index (κ3) is 2.88. The molecule has 0 saturated carbocycles. The Morgan fingerprint density at radius 1 is 1.43 bits per heavy atom. The molecule has 1 unspecified atom stereocenters. The first-order valence-electron chi connectivity index (χ1n) is 5.92. The lowest BCUT2D eigenvalue weighted by atomic mass is 9.98. The van der Waals surface area contributed by atoms with E-state index in [1.807, 2.05) is 0 Å². The number of piperidine rings is 1. The maximum Gasteiger partial charge on any atom is 0.0248 e. The maximum absolute atomic E-state index is 3.69. The molecule has 2 rings (SSSR count). The topological polar surface area (TPSA) is 15.3 Å². The molecule has 2 heterocycles. The van der Waals surface area contributed by atoms with Crippen molar-refractivity contribution in [3.8, 4) is 0 Å². The lowest BCUT2D eigenvalue weighted by Gasteiger charge is -2.34. The van der Waals surface area contributed by atoms with E-state index in [2.05, 4.69) is 28.9 Å². The highest BCUT2D eigenvalue weighted by molar-refractivity contribution is 8.00. The molecule has 1 N–H and O–H groups in total. The molecule has 2 aliphatic heterocycles. The Kier molecular flexibility index (Phi) is 4.14. The van der Waals surface area contributed by atoms with Gasteiger partial charge in [-0.2, -0.15) is 11.8 Å². The molecule has 2 nitrogen and oxygen atoms in total. The molecule has 0 radical (unpaired) electrons. The normalized spacial score (nSPS) is 30.2. The molecule has 0 spiro atoms. The van der Waals surface area contributed by atoms with Gasteiger partial charge in [0.1, 0.15) is 0 Å². The molecule has 2 saturated heterocycles. The number of nitrogens with zero attached hydrogens (tertiary/aromatic N) is 1. The summed E-state index contributed by atoms with van der Waals surface area (Å²) in [7, 11) is 0. The second-order valence-corrected chi connectivity index (χ2v) is 5.62. The molecule has 82 valence electrons. The van der Waals surface area contributed by atoms with Crippen molar-refractivity contribution in [2.24, 2.45) is 5.92 Å². The lowest BCUT2D eigenvalue weighted by Crippen LogP contribution is -2.46. The van der Waals surface area contributed by atoms with Crippen molar-refractivity contribution in [1.82, 2.24) is 10.2 Å². The van der Waals surface area contributed by atoms with Gasteiger partial charge in [-0.1, -0.05) is 6.92 Å². The Morgan fingerprint density at radius 2 is 2.29 bits per heavy atom. The first-order chi connectivity index (χ1) is 6.88. The summed E-state index contributed by atoms with van der Waals surface area (Å²) in [6, 6.07) is 0.831. The van der Waals surface area contributed by atoms with Gasteiger partial charge >= 0.3 is 0 Å². The van der Waals surface area contributed by atoms with Gasteiger partial charge in [0, 0.05) is 24.1 Å². The number of thioether (sulfide) groups is 1. The number of likely N-dealkylation sites (tertiary alicyclic amines) is 1. The van der Waals surface area contributed by atoms with Gasteiger partial charge in [-0.25, -0.2) is 0 Å². The van der Waals surface area contributed by atoms with Crippen molar-refractivity contribution in [1.29, 1.82) is 0 Å². The molecule has 1 atom stereocenters. The molecule has 0 aromatic rings. The van der Waals surface area contributed by atoms with Crippen molar-refractivity contribution in [2.45, 2.75) is 25.8 Å². The van der Waals surface area contributed by atoms with Crippen LogP contribution in [-0.4, -0.2) is 48.6 Å². The zero-order chi connectivity index (χ0) is 9.80. The second-order valence-electron chi connectivity index (χ2n) is 4.54. The zero-order valence-corrected chi connectivity index (χ0v) is 9.98. The van der Waals surface area contributed by atoms with Gasteiger partial charge in [-0.15, -0.1) is 0 Å². The molecular formula is C11H22N2S. The third-order valence-corrected chi connectivity index (χ3v) is 4.66. The Labute approximate surface area is 91.8 Å². The summed E-state index contributed by atoms with van der Waals surface area (Å²) in [5.74, 6) is 3.59. The minimum Gasteiger partial charge on any atom is -0.312 e. The molecule has 0 aliphatic carbocycles. The highest BCUT2D eigenvalue weighted by Gasteiger charge is 2.22. The molecule has 0 aromatic carbocycles. The third-order valence-electron chi connectivity index (χ3n) is 3.38. The Bertz CT molecular complexity index is 171. The maximum atomic E-state index is 3.69. The monoisotopic (exact) mass is 214 g/mol. The van der Waals surface area contributed by atoms with E-state index in [0.29, 0.717) is 0 Å². The summed E-state index contributed by atoms with van der Waals surface area (Å²) in [5, 5.41) is 3.69. The molecule has 2 fully saturated rings. The van der Waals surface area contributed by atoms with Crippen LogP contribution in [0.15, 0.2) is 0 Å². The fourth-order valence-corrected chi connectivity index (χ4v) is 3.00. The van der Waals surface area contributed by atoms with Crippen LogP contribution in [0.5, 0.6) is 0 Å². The molecular weight excluding hydrogens is 192 g/mol. The first kappa shape index (κ1) is 10.8. The summed E-state index contributed by atoms with van der Waals surface area (Å²) in [6.07, 6.45) is 2.84. The van der Waals surface area contributed by atoms with Gasteiger partial charge in [0.05, 0.1) is 0 Å². The predicted octanol–water partition coefficient (Wildman–Crippen LogP) is 1.42. The van der Waals surface area contributed by atoms with Gasteiger partial charge in [-0.05, 0) is 38.4 Å². The molecule has 14 heavy (non-hydrogen) atoms. The van der Waals surface area contributed by atoms with E-state index in [1.165, 1.54) is 50.5 Å². The average Bonchev–Trinajstić information content (AvgIpc) is 2.16. The van der Waals surface area contributed by atoms with E-state index in [-0.39, 0.29) is 0 Å². The number of rotatable bonds is 4. The highest BCUT2D eigenvalue weighted by Crippen LogP contribution is 2.19. The molecule has 3 heteroatoms. The minimum absolute atomic E-state index is 0.831. The molecule has 2 aliphatic rings. The van der Waals surface area contributed by atoms with Crippen LogP contribution < -0.4 is 5.32 Å². The number of nitrogens with one attached hydrogen (secondary N) is 1. The Hall–Kier alpha value is 0.270. The Balaban J connectivity index is 1.63. The standard InChI is InChI=1S/C11H22N2S/c1-2-13-5-3-4-10(7-13)6-12-11-8-14-9-11/h10-12H,2-9H2,1H3. The summed E-state index contributed by atoms with van der Waals surface area (Å²) < 4.78 is 0. The van der Waals surface area contributed by atoms with Crippen LogP contribution in [0.4, 0.5) is 0 Å². The summed E-state index contributed by atoms with van der Waals surface area (Å²) in [5.41, 5.74) is 0. The largest absolute Gasteiger partial charge is 0.312 e. The fraction of sp³-hybridized carbons (Fsp3) is 1.00. The van der Waals surface area contributed by atoms with E-state index in [9.17, 15) is 0 Å². The van der Waals surface area contributed by atoms with Crippen molar-refractivity contribution >= 4 is 11.8 Å². The minimum atomic E-state index is 0.831. The zero-order valence-electron chi connectivity index (χ0n) is 9.17. The van der Waals surface area contributed by atoms with E-state index in [1.54, 1.807) is 0 Å². The van der Waals surface area contributed by atoms with E-state index in [4.69, 9.17) is 0 Å². The number of hydrogen-bond acceptors (Lipinski definition) is 3. The van der Waals surface area contributed by atoms with Gasteiger partial charge < -0.3 is 10.2 Å².